The predicted octanol–water partition coefficient (Wildman–Crippen LogP) is 3.96. The Hall–Kier alpha value is -3.34. The van der Waals surface area contributed by atoms with E-state index in [9.17, 15) is 4.79 Å². The van der Waals surface area contributed by atoms with Gasteiger partial charge >= 0.3 is 0 Å². The van der Waals surface area contributed by atoms with Gasteiger partial charge in [-0.15, -0.1) is 0 Å². The van der Waals surface area contributed by atoms with E-state index in [0.29, 0.717) is 5.56 Å². The summed E-state index contributed by atoms with van der Waals surface area (Å²) in [6.45, 7) is 1.77. The van der Waals surface area contributed by atoms with Crippen LogP contribution >= 0.6 is 0 Å². The van der Waals surface area contributed by atoms with Gasteiger partial charge in [-0.25, -0.2) is 0 Å². The number of fused-ring (bicyclic) bond motifs is 1. The summed E-state index contributed by atoms with van der Waals surface area (Å²) in [4.78, 5) is 21.3. The molecule has 5 nitrogen and oxygen atoms in total. The third-order valence-corrected chi connectivity index (χ3v) is 5.12. The van der Waals surface area contributed by atoms with Crippen LogP contribution in [-0.4, -0.2) is 31.5 Å². The van der Waals surface area contributed by atoms with Crippen LogP contribution in [0.5, 0.6) is 0 Å². The van der Waals surface area contributed by atoms with E-state index in [-0.39, 0.29) is 5.91 Å². The van der Waals surface area contributed by atoms with Crippen LogP contribution in [0, 0.1) is 0 Å². The molecule has 142 valence electrons. The molecule has 0 saturated heterocycles. The number of anilines is 3. The molecule has 0 bridgehead atoms. The summed E-state index contributed by atoms with van der Waals surface area (Å²) in [7, 11) is 3.98. The Balaban J connectivity index is 1.48. The van der Waals surface area contributed by atoms with Gasteiger partial charge in [0.25, 0.3) is 5.91 Å². The molecule has 0 atom stereocenters. The first-order valence-electron chi connectivity index (χ1n) is 9.46. The summed E-state index contributed by atoms with van der Waals surface area (Å²) >= 11 is 0. The van der Waals surface area contributed by atoms with Crippen molar-refractivity contribution in [3.63, 3.8) is 0 Å². The van der Waals surface area contributed by atoms with Gasteiger partial charge in [0.2, 0.25) is 0 Å². The Morgan fingerprint density at radius 1 is 1.04 bits per heavy atom. The summed E-state index contributed by atoms with van der Waals surface area (Å²) in [5.41, 5.74) is 6.14. The van der Waals surface area contributed by atoms with Crippen molar-refractivity contribution in [2.75, 3.05) is 35.8 Å². The van der Waals surface area contributed by atoms with Crippen molar-refractivity contribution in [1.82, 2.24) is 4.98 Å². The number of carbonyl (C=O) groups excluding carboxylic acids is 1. The average molecular weight is 372 g/mol. The quantitative estimate of drug-likeness (QED) is 0.753. The monoisotopic (exact) mass is 372 g/mol. The molecule has 1 aromatic heterocycles. The van der Waals surface area contributed by atoms with E-state index < -0.39 is 0 Å². The van der Waals surface area contributed by atoms with Crippen molar-refractivity contribution in [3.05, 3.63) is 83.7 Å². The topological polar surface area (TPSA) is 48.5 Å². The highest BCUT2D eigenvalue weighted by molar-refractivity contribution is 6.04. The minimum absolute atomic E-state index is 0.149. The predicted molar refractivity (Wildman–Crippen MR) is 114 cm³/mol. The molecule has 28 heavy (non-hydrogen) atoms. The fourth-order valence-electron chi connectivity index (χ4n) is 3.49. The Labute approximate surface area is 165 Å². The number of amides is 1. The van der Waals surface area contributed by atoms with E-state index in [2.05, 4.69) is 39.5 Å². The molecule has 0 fully saturated rings. The Morgan fingerprint density at radius 2 is 1.79 bits per heavy atom. The molecular weight excluding hydrogens is 348 g/mol. The third kappa shape index (κ3) is 3.83. The number of rotatable bonds is 4. The van der Waals surface area contributed by atoms with Gasteiger partial charge in [-0.05, 0) is 47.9 Å². The summed E-state index contributed by atoms with van der Waals surface area (Å²) in [6.07, 6.45) is 4.45. The number of hydrogen-bond acceptors (Lipinski definition) is 4. The van der Waals surface area contributed by atoms with E-state index in [4.69, 9.17) is 0 Å². The van der Waals surface area contributed by atoms with Gasteiger partial charge in [-0.2, -0.15) is 0 Å². The Bertz CT molecular complexity index is 982. The maximum atomic E-state index is 12.7. The van der Waals surface area contributed by atoms with Crippen molar-refractivity contribution in [2.45, 2.75) is 13.0 Å². The molecule has 0 aliphatic carbocycles. The van der Waals surface area contributed by atoms with Crippen molar-refractivity contribution < 1.29 is 4.79 Å². The van der Waals surface area contributed by atoms with Crippen LogP contribution in [-0.2, 0) is 13.0 Å². The lowest BCUT2D eigenvalue weighted by Gasteiger charge is -2.30. The second-order valence-electron chi connectivity index (χ2n) is 7.27. The molecule has 3 aromatic rings. The maximum absolute atomic E-state index is 12.7. The van der Waals surface area contributed by atoms with Gasteiger partial charge in [0, 0.05) is 44.8 Å². The van der Waals surface area contributed by atoms with Crippen molar-refractivity contribution in [3.8, 4) is 0 Å². The van der Waals surface area contributed by atoms with Crippen LogP contribution < -0.4 is 15.1 Å². The number of pyridine rings is 1. The second-order valence-corrected chi connectivity index (χ2v) is 7.27. The normalized spacial score (nSPS) is 13.0. The number of nitrogens with one attached hydrogen (secondary N) is 1. The van der Waals surface area contributed by atoms with E-state index >= 15 is 0 Å². The fourth-order valence-corrected chi connectivity index (χ4v) is 3.49. The smallest absolute Gasteiger partial charge is 0.257 e. The molecule has 5 heteroatoms. The molecule has 0 unspecified atom stereocenters. The van der Waals surface area contributed by atoms with Crippen molar-refractivity contribution >= 4 is 23.0 Å². The zero-order valence-corrected chi connectivity index (χ0v) is 16.2. The zero-order chi connectivity index (χ0) is 19.5. The van der Waals surface area contributed by atoms with E-state index in [1.54, 1.807) is 6.20 Å². The van der Waals surface area contributed by atoms with Gasteiger partial charge in [0.1, 0.15) is 0 Å². The molecule has 2 aromatic carbocycles. The first-order valence-corrected chi connectivity index (χ1v) is 9.46. The molecule has 1 amide bonds. The Kier molecular flexibility index (Phi) is 4.98. The molecule has 0 spiro atoms. The van der Waals surface area contributed by atoms with Gasteiger partial charge in [-0.3, -0.25) is 9.78 Å². The van der Waals surface area contributed by atoms with Gasteiger partial charge in [0.15, 0.2) is 0 Å². The molecule has 1 aliphatic rings. The largest absolute Gasteiger partial charge is 0.378 e. The molecule has 1 aliphatic heterocycles. The number of nitrogens with zero attached hydrogens (tertiary/aromatic N) is 3. The van der Waals surface area contributed by atoms with Crippen LogP contribution in [0.2, 0.25) is 0 Å². The highest BCUT2D eigenvalue weighted by Crippen LogP contribution is 2.25. The zero-order valence-electron chi connectivity index (χ0n) is 16.2. The third-order valence-electron chi connectivity index (χ3n) is 5.12. The summed E-state index contributed by atoms with van der Waals surface area (Å²) in [5, 5.41) is 2.95. The lowest BCUT2D eigenvalue weighted by molar-refractivity contribution is 0.102. The lowest BCUT2D eigenvalue weighted by Crippen LogP contribution is -2.30. The second kappa shape index (κ2) is 7.72. The fraction of sp³-hybridized carbons (Fsp3) is 0.217. The summed E-state index contributed by atoms with van der Waals surface area (Å²) in [6, 6.07) is 18.2. The average Bonchev–Trinajstić information content (AvgIpc) is 2.74. The molecule has 2 heterocycles. The highest BCUT2D eigenvalue weighted by atomic mass is 16.1. The summed E-state index contributed by atoms with van der Waals surface area (Å²) in [5.74, 6) is -0.149. The number of benzene rings is 2. The van der Waals surface area contributed by atoms with E-state index in [1.165, 1.54) is 11.1 Å². The Morgan fingerprint density at radius 3 is 2.54 bits per heavy atom. The number of hydrogen-bond donors (Lipinski definition) is 1. The van der Waals surface area contributed by atoms with Gasteiger partial charge < -0.3 is 15.1 Å². The highest BCUT2D eigenvalue weighted by Gasteiger charge is 2.17. The molecule has 1 N–H and O–H groups in total. The van der Waals surface area contributed by atoms with Crippen molar-refractivity contribution in [2.24, 2.45) is 0 Å². The van der Waals surface area contributed by atoms with Crippen LogP contribution in [0.25, 0.3) is 0 Å². The van der Waals surface area contributed by atoms with Crippen LogP contribution in [0.4, 0.5) is 17.1 Å². The van der Waals surface area contributed by atoms with Crippen LogP contribution in [0.3, 0.4) is 0 Å². The van der Waals surface area contributed by atoms with Crippen molar-refractivity contribution in [1.29, 1.82) is 0 Å². The van der Waals surface area contributed by atoms with E-state index in [1.807, 2.05) is 55.5 Å². The minimum atomic E-state index is -0.149. The van der Waals surface area contributed by atoms with Crippen LogP contribution in [0.1, 0.15) is 21.5 Å². The molecule has 0 saturated carbocycles. The van der Waals surface area contributed by atoms with Crippen LogP contribution in [0.15, 0.2) is 67.0 Å². The maximum Gasteiger partial charge on any atom is 0.257 e. The number of carbonyl (C=O) groups is 1. The number of aromatic nitrogens is 1. The minimum Gasteiger partial charge on any atom is -0.378 e. The first kappa shape index (κ1) is 18.0. The van der Waals surface area contributed by atoms with E-state index in [0.717, 1.165) is 36.6 Å². The first-order chi connectivity index (χ1) is 13.6. The molecular formula is C23H24N4O. The standard InChI is InChI=1S/C23H24N4O/c1-26(2)21-9-7-20(8-10-21)25-23(28)19-13-22(15-24-14-19)27-12-11-17-5-3-4-6-18(17)16-27/h3-10,13-15H,11-12,16H2,1-2H3,(H,25,28). The lowest BCUT2D eigenvalue weighted by atomic mass is 9.99. The molecule has 4 rings (SSSR count). The summed E-state index contributed by atoms with van der Waals surface area (Å²) < 4.78 is 0. The van der Waals surface area contributed by atoms with Gasteiger partial charge in [0.05, 0.1) is 17.4 Å². The SMILES string of the molecule is CN(C)c1ccc(NC(=O)c2cncc(N3CCc4ccccc4C3)c2)cc1. The molecule has 0 radical (unpaired) electrons. The van der Waals surface area contributed by atoms with Gasteiger partial charge in [-0.1, -0.05) is 24.3 Å².